The summed E-state index contributed by atoms with van der Waals surface area (Å²) in [6.07, 6.45) is -0.0274. The van der Waals surface area contributed by atoms with Crippen LogP contribution >= 0.6 is 0 Å². The van der Waals surface area contributed by atoms with Crippen LogP contribution < -0.4 is 14.8 Å². The number of methoxy groups -OCH3 is 1. The van der Waals surface area contributed by atoms with Gasteiger partial charge in [-0.05, 0) is 55.3 Å². The topological polar surface area (TPSA) is 47.6 Å². The molecule has 3 aromatic carbocycles. The molecule has 1 amide bonds. The molecule has 140 valence electrons. The average molecular weight is 363 g/mol. The van der Waals surface area contributed by atoms with Gasteiger partial charge in [-0.1, -0.05) is 42.5 Å². The first-order chi connectivity index (χ1) is 13.0. The molecule has 0 spiro atoms. The summed E-state index contributed by atoms with van der Waals surface area (Å²) in [6, 6.07) is 19.4. The van der Waals surface area contributed by atoms with Crippen molar-refractivity contribution in [1.82, 2.24) is 5.32 Å². The van der Waals surface area contributed by atoms with Crippen molar-refractivity contribution in [3.8, 4) is 11.5 Å². The van der Waals surface area contributed by atoms with Gasteiger partial charge in [0.1, 0.15) is 11.5 Å². The molecule has 3 aromatic rings. The van der Waals surface area contributed by atoms with Crippen LogP contribution in [0.2, 0.25) is 0 Å². The Bertz CT molecular complexity index is 944. The maximum Gasteiger partial charge on any atom is 0.255 e. The number of amides is 1. The molecule has 1 N–H and O–H groups in total. The van der Waals surface area contributed by atoms with E-state index in [0.29, 0.717) is 17.1 Å². The molecule has 0 saturated carbocycles. The predicted octanol–water partition coefficient (Wildman–Crippen LogP) is 5.13. The Morgan fingerprint density at radius 1 is 0.963 bits per heavy atom. The highest BCUT2D eigenvalue weighted by molar-refractivity contribution is 5.98. The number of ether oxygens (including phenoxy) is 2. The fourth-order valence-corrected chi connectivity index (χ4v) is 3.15. The van der Waals surface area contributed by atoms with Crippen LogP contribution in [-0.4, -0.2) is 19.1 Å². The van der Waals surface area contributed by atoms with E-state index in [4.69, 9.17) is 9.47 Å². The fraction of sp³-hybridized carbons (Fsp3) is 0.261. The van der Waals surface area contributed by atoms with Crippen molar-refractivity contribution in [2.45, 2.75) is 32.9 Å². The molecule has 0 heterocycles. The Balaban J connectivity index is 1.90. The Hall–Kier alpha value is -3.01. The number of benzene rings is 3. The maximum atomic E-state index is 13.0. The zero-order valence-electron chi connectivity index (χ0n) is 16.2. The normalized spacial score (nSPS) is 12.0. The molecule has 0 radical (unpaired) electrons. The van der Waals surface area contributed by atoms with Gasteiger partial charge in [-0.25, -0.2) is 0 Å². The number of rotatable bonds is 6. The Labute approximate surface area is 160 Å². The molecule has 3 rings (SSSR count). The van der Waals surface area contributed by atoms with Gasteiger partial charge in [0.2, 0.25) is 0 Å². The van der Waals surface area contributed by atoms with Gasteiger partial charge in [0, 0.05) is 0 Å². The lowest BCUT2D eigenvalue weighted by Crippen LogP contribution is -2.27. The van der Waals surface area contributed by atoms with E-state index in [-0.39, 0.29) is 18.1 Å². The second kappa shape index (κ2) is 8.12. The van der Waals surface area contributed by atoms with E-state index in [2.05, 4.69) is 23.5 Å². The summed E-state index contributed by atoms with van der Waals surface area (Å²) < 4.78 is 11.1. The van der Waals surface area contributed by atoms with Crippen LogP contribution in [0.1, 0.15) is 42.7 Å². The summed E-state index contributed by atoms with van der Waals surface area (Å²) in [5, 5.41) is 5.39. The van der Waals surface area contributed by atoms with Gasteiger partial charge in [0.05, 0.1) is 24.8 Å². The highest BCUT2D eigenvalue weighted by Crippen LogP contribution is 2.28. The van der Waals surface area contributed by atoms with Crippen molar-refractivity contribution >= 4 is 16.7 Å². The molecule has 4 heteroatoms. The molecular weight excluding hydrogens is 338 g/mol. The summed E-state index contributed by atoms with van der Waals surface area (Å²) in [5.74, 6) is 0.979. The van der Waals surface area contributed by atoms with E-state index in [9.17, 15) is 4.79 Å². The van der Waals surface area contributed by atoms with Gasteiger partial charge in [0.25, 0.3) is 5.91 Å². The molecule has 27 heavy (non-hydrogen) atoms. The van der Waals surface area contributed by atoms with Crippen LogP contribution in [0.5, 0.6) is 11.5 Å². The van der Waals surface area contributed by atoms with Crippen LogP contribution in [0.4, 0.5) is 0 Å². The smallest absolute Gasteiger partial charge is 0.255 e. The molecule has 0 aliphatic heterocycles. The summed E-state index contributed by atoms with van der Waals surface area (Å²) in [4.78, 5) is 13.0. The quantitative estimate of drug-likeness (QED) is 0.661. The predicted molar refractivity (Wildman–Crippen MR) is 109 cm³/mol. The Morgan fingerprint density at radius 2 is 1.70 bits per heavy atom. The first-order valence-corrected chi connectivity index (χ1v) is 9.13. The van der Waals surface area contributed by atoms with E-state index < -0.39 is 0 Å². The molecule has 0 bridgehead atoms. The third-order valence-corrected chi connectivity index (χ3v) is 4.43. The zero-order chi connectivity index (χ0) is 19.4. The Morgan fingerprint density at radius 3 is 2.44 bits per heavy atom. The van der Waals surface area contributed by atoms with E-state index in [1.807, 2.05) is 45.0 Å². The SMILES string of the molecule is COc1ccc(OC(C)C)c(C(=O)N[C@H](C)c2cccc3ccccc23)c1. The summed E-state index contributed by atoms with van der Waals surface area (Å²) in [7, 11) is 1.58. The number of hydrogen-bond acceptors (Lipinski definition) is 3. The molecule has 4 nitrogen and oxygen atoms in total. The van der Waals surface area contributed by atoms with Crippen LogP contribution in [-0.2, 0) is 0 Å². The van der Waals surface area contributed by atoms with Crippen molar-refractivity contribution in [3.05, 3.63) is 71.8 Å². The lowest BCUT2D eigenvalue weighted by Gasteiger charge is -2.19. The third kappa shape index (κ3) is 4.22. The average Bonchev–Trinajstić information content (AvgIpc) is 2.67. The van der Waals surface area contributed by atoms with Crippen molar-refractivity contribution in [2.75, 3.05) is 7.11 Å². The van der Waals surface area contributed by atoms with E-state index in [0.717, 1.165) is 16.3 Å². The number of fused-ring (bicyclic) bond motifs is 1. The Kier molecular flexibility index (Phi) is 5.65. The third-order valence-electron chi connectivity index (χ3n) is 4.43. The largest absolute Gasteiger partial charge is 0.497 e. The van der Waals surface area contributed by atoms with Gasteiger partial charge < -0.3 is 14.8 Å². The molecule has 0 aliphatic carbocycles. The van der Waals surface area contributed by atoms with Crippen molar-refractivity contribution < 1.29 is 14.3 Å². The minimum atomic E-state index is -0.190. The second-order valence-electron chi connectivity index (χ2n) is 6.79. The number of nitrogens with one attached hydrogen (secondary N) is 1. The van der Waals surface area contributed by atoms with Gasteiger partial charge >= 0.3 is 0 Å². The van der Waals surface area contributed by atoms with Crippen LogP contribution in [0.25, 0.3) is 10.8 Å². The first-order valence-electron chi connectivity index (χ1n) is 9.13. The number of carbonyl (C=O) groups excluding carboxylic acids is 1. The first kappa shape index (κ1) is 18.8. The summed E-state index contributed by atoms with van der Waals surface area (Å²) in [6.45, 7) is 5.86. The van der Waals surface area contributed by atoms with Gasteiger partial charge in [-0.3, -0.25) is 4.79 Å². The fourth-order valence-electron chi connectivity index (χ4n) is 3.15. The zero-order valence-corrected chi connectivity index (χ0v) is 16.2. The van der Waals surface area contributed by atoms with Crippen LogP contribution in [0, 0.1) is 0 Å². The van der Waals surface area contributed by atoms with Gasteiger partial charge in [-0.2, -0.15) is 0 Å². The maximum absolute atomic E-state index is 13.0. The minimum Gasteiger partial charge on any atom is -0.497 e. The minimum absolute atomic E-state index is 0.0274. The molecule has 0 unspecified atom stereocenters. The summed E-state index contributed by atoms with van der Waals surface area (Å²) >= 11 is 0. The molecule has 0 fully saturated rings. The highest BCUT2D eigenvalue weighted by Gasteiger charge is 2.18. The number of carbonyl (C=O) groups is 1. The molecule has 0 saturated heterocycles. The van der Waals surface area contributed by atoms with E-state index in [1.54, 1.807) is 25.3 Å². The molecule has 0 aliphatic rings. The monoisotopic (exact) mass is 363 g/mol. The van der Waals surface area contributed by atoms with Gasteiger partial charge in [0.15, 0.2) is 0 Å². The summed E-state index contributed by atoms with van der Waals surface area (Å²) in [5.41, 5.74) is 1.55. The van der Waals surface area contributed by atoms with Crippen molar-refractivity contribution in [3.63, 3.8) is 0 Å². The molecule has 0 aromatic heterocycles. The van der Waals surface area contributed by atoms with E-state index in [1.165, 1.54) is 0 Å². The highest BCUT2D eigenvalue weighted by atomic mass is 16.5. The van der Waals surface area contributed by atoms with Crippen molar-refractivity contribution in [1.29, 1.82) is 0 Å². The lowest BCUT2D eigenvalue weighted by molar-refractivity contribution is 0.0934. The lowest BCUT2D eigenvalue weighted by atomic mass is 9.99. The van der Waals surface area contributed by atoms with Crippen LogP contribution in [0.3, 0.4) is 0 Å². The number of hydrogen-bond donors (Lipinski definition) is 1. The standard InChI is InChI=1S/C23H25NO3/c1-15(2)27-22-13-12-18(26-4)14-21(22)23(25)24-16(3)19-11-7-9-17-8-5-6-10-20(17)19/h5-16H,1-4H3,(H,24,25)/t16-/m1/s1. The molecular formula is C23H25NO3. The second-order valence-corrected chi connectivity index (χ2v) is 6.79. The van der Waals surface area contributed by atoms with Crippen molar-refractivity contribution in [2.24, 2.45) is 0 Å². The molecule has 1 atom stereocenters. The van der Waals surface area contributed by atoms with E-state index >= 15 is 0 Å². The van der Waals surface area contributed by atoms with Crippen LogP contribution in [0.15, 0.2) is 60.7 Å². The van der Waals surface area contributed by atoms with Gasteiger partial charge in [-0.15, -0.1) is 0 Å².